The molecule has 3 aromatic carbocycles. The van der Waals surface area contributed by atoms with Crippen molar-refractivity contribution >= 4 is 21.6 Å². The number of benzene rings is 3. The van der Waals surface area contributed by atoms with Crippen LogP contribution < -0.4 is 9.04 Å². The SMILES string of the molecule is COc1cccc(CN(C)C(=O)c2ccc(S(=O)(=O)N(C)c3ccccc3)cc2)c1. The van der Waals surface area contributed by atoms with Crippen molar-refractivity contribution in [2.45, 2.75) is 11.4 Å². The number of rotatable bonds is 7. The van der Waals surface area contributed by atoms with Crippen molar-refractivity contribution in [2.75, 3.05) is 25.5 Å². The molecule has 1 amide bonds. The van der Waals surface area contributed by atoms with Gasteiger partial charge >= 0.3 is 0 Å². The molecule has 0 unspecified atom stereocenters. The summed E-state index contributed by atoms with van der Waals surface area (Å²) in [7, 11) is 1.09. The molecular weight excluding hydrogens is 400 g/mol. The molecule has 0 bridgehead atoms. The second kappa shape index (κ2) is 9.00. The van der Waals surface area contributed by atoms with Crippen LogP contribution in [0.25, 0.3) is 0 Å². The van der Waals surface area contributed by atoms with E-state index in [0.717, 1.165) is 11.3 Å². The maximum atomic E-state index is 12.9. The van der Waals surface area contributed by atoms with Crippen molar-refractivity contribution in [3.8, 4) is 5.75 Å². The van der Waals surface area contributed by atoms with Crippen molar-refractivity contribution in [3.63, 3.8) is 0 Å². The number of methoxy groups -OCH3 is 1. The topological polar surface area (TPSA) is 66.9 Å². The second-order valence-corrected chi connectivity index (χ2v) is 8.81. The first-order valence-electron chi connectivity index (χ1n) is 9.35. The zero-order chi connectivity index (χ0) is 21.7. The summed E-state index contributed by atoms with van der Waals surface area (Å²) < 4.78 is 32.2. The number of carbonyl (C=O) groups is 1. The van der Waals surface area contributed by atoms with Crippen LogP contribution in [0.4, 0.5) is 5.69 Å². The van der Waals surface area contributed by atoms with Crippen LogP contribution in [-0.2, 0) is 16.6 Å². The van der Waals surface area contributed by atoms with E-state index in [0.29, 0.717) is 17.8 Å². The van der Waals surface area contributed by atoms with E-state index in [9.17, 15) is 13.2 Å². The van der Waals surface area contributed by atoms with Gasteiger partial charge in [0.25, 0.3) is 15.9 Å². The number of nitrogens with zero attached hydrogens (tertiary/aromatic N) is 2. The van der Waals surface area contributed by atoms with Crippen LogP contribution in [0, 0.1) is 0 Å². The van der Waals surface area contributed by atoms with Gasteiger partial charge in [-0.25, -0.2) is 8.42 Å². The summed E-state index contributed by atoms with van der Waals surface area (Å²) in [5.74, 6) is 0.531. The summed E-state index contributed by atoms with van der Waals surface area (Å²) in [6.45, 7) is 0.410. The highest BCUT2D eigenvalue weighted by Gasteiger charge is 2.22. The molecule has 3 aromatic rings. The number of carbonyl (C=O) groups excluding carboxylic acids is 1. The Hall–Kier alpha value is -3.32. The first-order chi connectivity index (χ1) is 14.3. The van der Waals surface area contributed by atoms with Crippen LogP contribution in [0.5, 0.6) is 5.75 Å². The molecule has 0 heterocycles. The molecule has 0 radical (unpaired) electrons. The Morgan fingerprint density at radius 1 is 0.900 bits per heavy atom. The standard InChI is InChI=1S/C23H24N2O4S/c1-24(17-18-8-7-11-21(16-18)29-3)23(26)19-12-14-22(15-13-19)30(27,28)25(2)20-9-5-4-6-10-20/h4-16H,17H2,1-3H3. The third-order valence-electron chi connectivity index (χ3n) is 4.78. The third kappa shape index (κ3) is 4.63. The molecule has 30 heavy (non-hydrogen) atoms. The van der Waals surface area contributed by atoms with Gasteiger partial charge in [-0.3, -0.25) is 9.10 Å². The largest absolute Gasteiger partial charge is 0.497 e. The van der Waals surface area contributed by atoms with Gasteiger partial charge in [0, 0.05) is 26.2 Å². The van der Waals surface area contributed by atoms with E-state index in [1.165, 1.54) is 35.6 Å². The lowest BCUT2D eigenvalue weighted by atomic mass is 10.1. The van der Waals surface area contributed by atoms with E-state index in [4.69, 9.17) is 4.74 Å². The zero-order valence-electron chi connectivity index (χ0n) is 17.1. The van der Waals surface area contributed by atoms with Gasteiger partial charge in [-0.05, 0) is 54.1 Å². The molecule has 0 aliphatic rings. The predicted octanol–water partition coefficient (Wildman–Crippen LogP) is 3.79. The Bertz CT molecular complexity index is 1110. The van der Waals surface area contributed by atoms with E-state index in [2.05, 4.69) is 0 Å². The highest BCUT2D eigenvalue weighted by Crippen LogP contribution is 2.22. The number of anilines is 1. The number of hydrogen-bond donors (Lipinski definition) is 0. The molecule has 0 fully saturated rings. The van der Waals surface area contributed by atoms with E-state index in [1.807, 2.05) is 30.3 Å². The molecule has 7 heteroatoms. The Kier molecular flexibility index (Phi) is 6.42. The van der Waals surface area contributed by atoms with Crippen molar-refractivity contribution in [1.82, 2.24) is 4.90 Å². The lowest BCUT2D eigenvalue weighted by Crippen LogP contribution is -2.27. The average molecular weight is 425 g/mol. The van der Waals surface area contributed by atoms with Crippen LogP contribution >= 0.6 is 0 Å². The first kappa shape index (κ1) is 21.4. The van der Waals surface area contributed by atoms with Gasteiger partial charge in [0.05, 0.1) is 17.7 Å². The van der Waals surface area contributed by atoms with Gasteiger partial charge in [0.1, 0.15) is 5.75 Å². The predicted molar refractivity (Wildman–Crippen MR) is 117 cm³/mol. The van der Waals surface area contributed by atoms with E-state index in [-0.39, 0.29) is 10.8 Å². The van der Waals surface area contributed by atoms with Gasteiger partial charge < -0.3 is 9.64 Å². The summed E-state index contributed by atoms with van der Waals surface area (Å²) in [6, 6.07) is 22.3. The van der Waals surface area contributed by atoms with Gasteiger partial charge in [-0.15, -0.1) is 0 Å². The van der Waals surface area contributed by atoms with Gasteiger partial charge in [-0.1, -0.05) is 30.3 Å². The fourth-order valence-corrected chi connectivity index (χ4v) is 4.24. The van der Waals surface area contributed by atoms with Crippen LogP contribution in [0.1, 0.15) is 15.9 Å². The Labute approximate surface area is 177 Å². The summed E-state index contributed by atoms with van der Waals surface area (Å²) in [5.41, 5.74) is 1.92. The maximum Gasteiger partial charge on any atom is 0.264 e. The Morgan fingerprint density at radius 3 is 2.20 bits per heavy atom. The summed E-state index contributed by atoms with van der Waals surface area (Å²) in [4.78, 5) is 14.5. The van der Waals surface area contributed by atoms with E-state index >= 15 is 0 Å². The van der Waals surface area contributed by atoms with Crippen LogP contribution in [0.3, 0.4) is 0 Å². The number of hydrogen-bond acceptors (Lipinski definition) is 4. The first-order valence-corrected chi connectivity index (χ1v) is 10.8. The number of amides is 1. The van der Waals surface area contributed by atoms with E-state index in [1.54, 1.807) is 43.3 Å². The maximum absolute atomic E-state index is 12.9. The molecular formula is C23H24N2O4S. The summed E-state index contributed by atoms with van der Waals surface area (Å²) in [5, 5.41) is 0. The van der Waals surface area contributed by atoms with Gasteiger partial charge in [-0.2, -0.15) is 0 Å². The summed E-state index contributed by atoms with van der Waals surface area (Å²) >= 11 is 0. The lowest BCUT2D eigenvalue weighted by molar-refractivity contribution is 0.0785. The van der Waals surface area contributed by atoms with Crippen LogP contribution in [0.15, 0.2) is 83.8 Å². The molecule has 0 aliphatic heterocycles. The van der Waals surface area contributed by atoms with Crippen molar-refractivity contribution < 1.29 is 17.9 Å². The van der Waals surface area contributed by atoms with Crippen LogP contribution in [-0.4, -0.2) is 40.4 Å². The minimum absolute atomic E-state index is 0.126. The van der Waals surface area contributed by atoms with Gasteiger partial charge in [0.15, 0.2) is 0 Å². The van der Waals surface area contributed by atoms with E-state index < -0.39 is 10.0 Å². The lowest BCUT2D eigenvalue weighted by Gasteiger charge is -2.20. The average Bonchev–Trinajstić information content (AvgIpc) is 2.78. The highest BCUT2D eigenvalue weighted by atomic mass is 32.2. The van der Waals surface area contributed by atoms with Crippen molar-refractivity contribution in [3.05, 3.63) is 90.0 Å². The molecule has 0 atom stereocenters. The van der Waals surface area contributed by atoms with Gasteiger partial charge in [0.2, 0.25) is 0 Å². The second-order valence-electron chi connectivity index (χ2n) is 6.85. The van der Waals surface area contributed by atoms with Crippen molar-refractivity contribution in [1.29, 1.82) is 0 Å². The minimum Gasteiger partial charge on any atom is -0.497 e. The Balaban J connectivity index is 1.75. The summed E-state index contributed by atoms with van der Waals surface area (Å²) in [6.07, 6.45) is 0. The zero-order valence-corrected chi connectivity index (χ0v) is 18.0. The molecule has 156 valence electrons. The normalized spacial score (nSPS) is 11.0. The molecule has 0 aromatic heterocycles. The molecule has 0 saturated carbocycles. The monoisotopic (exact) mass is 424 g/mol. The van der Waals surface area contributed by atoms with Crippen LogP contribution in [0.2, 0.25) is 0 Å². The molecule has 6 nitrogen and oxygen atoms in total. The quantitative estimate of drug-likeness (QED) is 0.579. The third-order valence-corrected chi connectivity index (χ3v) is 6.58. The number of para-hydroxylation sites is 1. The highest BCUT2D eigenvalue weighted by molar-refractivity contribution is 7.92. The minimum atomic E-state index is -3.72. The smallest absolute Gasteiger partial charge is 0.264 e. The Morgan fingerprint density at radius 2 is 1.57 bits per heavy atom. The van der Waals surface area contributed by atoms with Crippen molar-refractivity contribution in [2.24, 2.45) is 0 Å². The fraction of sp³-hybridized carbons (Fsp3) is 0.174. The molecule has 0 N–H and O–H groups in total. The molecule has 3 rings (SSSR count). The molecule has 0 aliphatic carbocycles. The molecule has 0 spiro atoms. The fourth-order valence-electron chi connectivity index (χ4n) is 3.04. The number of sulfonamides is 1. The molecule has 0 saturated heterocycles. The number of ether oxygens (including phenoxy) is 1.